The van der Waals surface area contributed by atoms with Crippen LogP contribution in [0.3, 0.4) is 0 Å². The Kier molecular flexibility index (Phi) is 62.2. The van der Waals surface area contributed by atoms with Crippen LogP contribution in [0.1, 0.15) is 329 Å². The van der Waals surface area contributed by atoms with Gasteiger partial charge in [0.05, 0.1) is 0 Å². The Balaban J connectivity index is 4.01. The minimum atomic E-state index is -0.774. The van der Waals surface area contributed by atoms with Crippen molar-refractivity contribution in [3.05, 3.63) is 85.1 Å². The Bertz CT molecular complexity index is 1470. The average Bonchev–Trinajstić information content (AvgIpc) is 3.43. The predicted molar refractivity (Wildman–Crippen MR) is 334 cm³/mol. The maximum atomic E-state index is 12.8. The molecule has 1 unspecified atom stereocenters. The minimum absolute atomic E-state index is 0.0751. The van der Waals surface area contributed by atoms with Crippen LogP contribution in [0.5, 0.6) is 0 Å². The second-order valence-corrected chi connectivity index (χ2v) is 22.0. The summed E-state index contributed by atoms with van der Waals surface area (Å²) in [6.07, 6.45) is 86.5. The van der Waals surface area contributed by atoms with Crippen LogP contribution in [-0.4, -0.2) is 37.2 Å². The van der Waals surface area contributed by atoms with E-state index in [4.69, 9.17) is 14.2 Å². The third kappa shape index (κ3) is 63.3. The number of hydrogen-bond donors (Lipinski definition) is 0. The van der Waals surface area contributed by atoms with Crippen LogP contribution in [0.2, 0.25) is 0 Å². The maximum absolute atomic E-state index is 12.8. The highest BCUT2D eigenvalue weighted by Gasteiger charge is 2.19. The van der Waals surface area contributed by atoms with Gasteiger partial charge >= 0.3 is 17.9 Å². The van der Waals surface area contributed by atoms with Gasteiger partial charge in [0.25, 0.3) is 0 Å². The molecule has 0 bridgehead atoms. The maximum Gasteiger partial charge on any atom is 0.306 e. The topological polar surface area (TPSA) is 78.9 Å². The van der Waals surface area contributed by atoms with Crippen molar-refractivity contribution in [1.82, 2.24) is 0 Å². The normalized spacial score (nSPS) is 12.6. The first-order valence-electron chi connectivity index (χ1n) is 33.1. The fraction of sp³-hybridized carbons (Fsp3) is 0.761. The number of carbonyl (C=O) groups excluding carboxylic acids is 3. The minimum Gasteiger partial charge on any atom is -0.462 e. The third-order valence-electron chi connectivity index (χ3n) is 14.4. The zero-order valence-corrected chi connectivity index (χ0v) is 51.0. The van der Waals surface area contributed by atoms with Gasteiger partial charge in [-0.2, -0.15) is 0 Å². The number of allylic oxidation sites excluding steroid dienone is 14. The van der Waals surface area contributed by atoms with Gasteiger partial charge in [0.2, 0.25) is 0 Å². The van der Waals surface area contributed by atoms with Crippen molar-refractivity contribution in [2.24, 2.45) is 0 Å². The van der Waals surface area contributed by atoms with Crippen LogP contribution in [0.25, 0.3) is 0 Å². The Hall–Kier alpha value is -3.41. The van der Waals surface area contributed by atoms with Crippen molar-refractivity contribution in [2.75, 3.05) is 13.2 Å². The fourth-order valence-corrected chi connectivity index (χ4v) is 9.44. The molecular formula is C71H124O6. The van der Waals surface area contributed by atoms with Crippen LogP contribution < -0.4 is 0 Å². The van der Waals surface area contributed by atoms with Gasteiger partial charge in [-0.15, -0.1) is 0 Å². The van der Waals surface area contributed by atoms with Crippen LogP contribution in [0.15, 0.2) is 85.1 Å². The Morgan fingerprint density at radius 2 is 0.506 bits per heavy atom. The van der Waals surface area contributed by atoms with Crippen molar-refractivity contribution >= 4 is 17.9 Å². The van der Waals surface area contributed by atoms with Crippen LogP contribution >= 0.6 is 0 Å². The number of unbranched alkanes of at least 4 members (excludes halogenated alkanes) is 35. The summed E-state index contributed by atoms with van der Waals surface area (Å²) >= 11 is 0. The molecule has 444 valence electrons. The van der Waals surface area contributed by atoms with Gasteiger partial charge in [-0.3, -0.25) is 14.4 Å². The first-order chi connectivity index (χ1) is 38.0. The molecule has 0 fully saturated rings. The monoisotopic (exact) mass is 1070 g/mol. The van der Waals surface area contributed by atoms with Gasteiger partial charge in [-0.25, -0.2) is 0 Å². The molecule has 0 N–H and O–H groups in total. The zero-order valence-electron chi connectivity index (χ0n) is 51.0. The standard InChI is InChI=1S/C71H124O6/c1-4-7-10-13-15-17-19-21-23-25-27-29-31-33-34-35-36-38-39-41-43-45-47-49-51-53-55-58-61-64-70(73)76-67-68(66-75-69(72)63-60-57-12-9-6-3)77-71(74)65-62-59-56-54-52-50-48-46-44-42-40-37-32-30-28-26-24-22-20-18-16-14-11-8-5-2/h8,11,16,18-19,21-22,24-25,27-28,30-31,33,68H,4-7,9-10,12-15,17,20,23,26,29,32,34-67H2,1-3H3/b11-8-,18-16-,21-19-,24-22-,27-25-,30-28-,33-31-. The molecule has 0 aliphatic carbocycles. The van der Waals surface area contributed by atoms with E-state index >= 15 is 0 Å². The number of ether oxygens (including phenoxy) is 3. The van der Waals surface area contributed by atoms with Crippen molar-refractivity contribution in [3.63, 3.8) is 0 Å². The Labute approximate surface area is 477 Å². The van der Waals surface area contributed by atoms with E-state index in [-0.39, 0.29) is 31.1 Å². The summed E-state index contributed by atoms with van der Waals surface area (Å²) in [4.78, 5) is 38.0. The molecule has 0 heterocycles. The second-order valence-electron chi connectivity index (χ2n) is 22.0. The highest BCUT2D eigenvalue weighted by Crippen LogP contribution is 2.17. The molecule has 0 rings (SSSR count). The van der Waals surface area contributed by atoms with Gasteiger partial charge in [0, 0.05) is 19.3 Å². The van der Waals surface area contributed by atoms with E-state index in [9.17, 15) is 14.4 Å². The lowest BCUT2D eigenvalue weighted by Gasteiger charge is -2.18. The lowest BCUT2D eigenvalue weighted by molar-refractivity contribution is -0.167. The first kappa shape index (κ1) is 73.6. The van der Waals surface area contributed by atoms with Crippen molar-refractivity contribution in [1.29, 1.82) is 0 Å². The molecule has 0 aromatic rings. The molecule has 0 saturated heterocycles. The molecule has 0 radical (unpaired) electrons. The van der Waals surface area contributed by atoms with E-state index in [1.54, 1.807) is 0 Å². The highest BCUT2D eigenvalue weighted by atomic mass is 16.6. The second kappa shape index (κ2) is 65.1. The SMILES string of the molecule is CC/C=C\C/C=C\C/C=C\C/C=C\CCCCCCCCCCCCCCC(=O)OC(COC(=O)CCCCCCC)COC(=O)CCCCCCCCCCCCCCCC/C=C\C/C=C\C/C=C\CCCCCCC. The van der Waals surface area contributed by atoms with E-state index in [0.717, 1.165) is 103 Å². The zero-order chi connectivity index (χ0) is 55.7. The number of hydrogen-bond acceptors (Lipinski definition) is 6. The molecule has 0 spiro atoms. The molecule has 0 aliphatic heterocycles. The van der Waals surface area contributed by atoms with Gasteiger partial charge in [0.1, 0.15) is 13.2 Å². The molecule has 77 heavy (non-hydrogen) atoms. The highest BCUT2D eigenvalue weighted by molar-refractivity contribution is 5.71. The summed E-state index contributed by atoms with van der Waals surface area (Å²) in [7, 11) is 0. The molecular weight excluding hydrogens is 949 g/mol. The summed E-state index contributed by atoms with van der Waals surface area (Å²) in [5.41, 5.74) is 0. The lowest BCUT2D eigenvalue weighted by atomic mass is 10.0. The summed E-state index contributed by atoms with van der Waals surface area (Å²) in [5, 5.41) is 0. The first-order valence-corrected chi connectivity index (χ1v) is 33.1. The third-order valence-corrected chi connectivity index (χ3v) is 14.4. The molecule has 6 nitrogen and oxygen atoms in total. The predicted octanol–water partition coefficient (Wildman–Crippen LogP) is 22.7. The van der Waals surface area contributed by atoms with Gasteiger partial charge in [0.15, 0.2) is 6.10 Å². The quantitative estimate of drug-likeness (QED) is 0.0261. The van der Waals surface area contributed by atoms with Gasteiger partial charge in [-0.05, 0) is 96.3 Å². The molecule has 1 atom stereocenters. The fourth-order valence-electron chi connectivity index (χ4n) is 9.44. The summed E-state index contributed by atoms with van der Waals surface area (Å²) in [6, 6.07) is 0. The van der Waals surface area contributed by atoms with Crippen LogP contribution in [0, 0.1) is 0 Å². The lowest BCUT2D eigenvalue weighted by Crippen LogP contribution is -2.30. The number of esters is 3. The van der Waals surface area contributed by atoms with E-state index in [1.165, 1.54) is 186 Å². The Morgan fingerprint density at radius 3 is 0.792 bits per heavy atom. The Morgan fingerprint density at radius 1 is 0.273 bits per heavy atom. The van der Waals surface area contributed by atoms with Crippen molar-refractivity contribution in [3.8, 4) is 0 Å². The van der Waals surface area contributed by atoms with Crippen LogP contribution in [-0.2, 0) is 28.6 Å². The van der Waals surface area contributed by atoms with Gasteiger partial charge < -0.3 is 14.2 Å². The number of rotatable bonds is 60. The summed E-state index contributed by atoms with van der Waals surface area (Å²) in [5.74, 6) is -0.880. The summed E-state index contributed by atoms with van der Waals surface area (Å²) in [6.45, 7) is 6.46. The molecule has 0 amide bonds. The number of carbonyl (C=O) groups is 3. The smallest absolute Gasteiger partial charge is 0.306 e. The van der Waals surface area contributed by atoms with Crippen molar-refractivity contribution < 1.29 is 28.6 Å². The largest absolute Gasteiger partial charge is 0.462 e. The van der Waals surface area contributed by atoms with E-state index in [2.05, 4.69) is 106 Å². The van der Waals surface area contributed by atoms with Crippen LogP contribution in [0.4, 0.5) is 0 Å². The van der Waals surface area contributed by atoms with E-state index < -0.39 is 6.10 Å². The molecule has 0 aliphatic rings. The molecule has 0 saturated carbocycles. The van der Waals surface area contributed by atoms with E-state index in [0.29, 0.717) is 19.3 Å². The molecule has 0 aromatic heterocycles. The summed E-state index contributed by atoms with van der Waals surface area (Å²) < 4.78 is 16.8. The van der Waals surface area contributed by atoms with E-state index in [1.807, 2.05) is 0 Å². The molecule has 6 heteroatoms. The average molecular weight is 1070 g/mol. The molecule has 0 aromatic carbocycles. The van der Waals surface area contributed by atoms with Crippen molar-refractivity contribution in [2.45, 2.75) is 335 Å². The van der Waals surface area contributed by atoms with Gasteiger partial charge in [-0.1, -0.05) is 298 Å².